The molecule has 3 aromatic rings. The van der Waals surface area contributed by atoms with Gasteiger partial charge in [-0.1, -0.05) is 6.07 Å². The van der Waals surface area contributed by atoms with E-state index in [0.29, 0.717) is 11.2 Å². The minimum Gasteiger partial charge on any atom is -0.235 e. The van der Waals surface area contributed by atoms with Gasteiger partial charge in [-0.15, -0.1) is 11.3 Å². The van der Waals surface area contributed by atoms with Crippen molar-refractivity contribution in [2.24, 2.45) is 4.99 Å². The van der Waals surface area contributed by atoms with Crippen LogP contribution in [0.1, 0.15) is 0 Å². The Balaban J connectivity index is 2.39. The summed E-state index contributed by atoms with van der Waals surface area (Å²) in [4.78, 5) is 11.8. The molecular weight excluding hydrogens is 284 g/mol. The molecule has 0 atom stereocenters. The van der Waals surface area contributed by atoms with Crippen LogP contribution in [0.4, 0.5) is 5.95 Å². The summed E-state index contributed by atoms with van der Waals surface area (Å²) in [6.07, 6.45) is 1.55. The molecular formula is C11H8N4O2S2. The molecule has 8 heteroatoms. The monoisotopic (exact) mass is 292 g/mol. The summed E-state index contributed by atoms with van der Waals surface area (Å²) in [7, 11) is -3.72. The fourth-order valence-electron chi connectivity index (χ4n) is 1.72. The zero-order chi connectivity index (χ0) is 13.5. The van der Waals surface area contributed by atoms with E-state index in [1.165, 1.54) is 6.07 Å². The van der Waals surface area contributed by atoms with E-state index in [4.69, 9.17) is 0 Å². The molecule has 0 aliphatic carbocycles. The summed E-state index contributed by atoms with van der Waals surface area (Å²) in [5, 5.41) is 1.70. The van der Waals surface area contributed by atoms with E-state index in [2.05, 4.69) is 21.7 Å². The van der Waals surface area contributed by atoms with Crippen molar-refractivity contribution < 1.29 is 8.42 Å². The number of fused-ring (bicyclic) bond motifs is 1. The smallest absolute Gasteiger partial charge is 0.235 e. The van der Waals surface area contributed by atoms with E-state index in [-0.39, 0.29) is 10.2 Å². The number of imidazole rings is 1. The summed E-state index contributed by atoms with van der Waals surface area (Å²) in [5.74, 6) is 0.0158. The molecule has 3 rings (SSSR count). The van der Waals surface area contributed by atoms with Crippen LogP contribution in [-0.2, 0) is 10.0 Å². The highest BCUT2D eigenvalue weighted by Gasteiger charge is 2.25. The number of hydrogen-bond acceptors (Lipinski definition) is 6. The molecule has 0 N–H and O–H groups in total. The van der Waals surface area contributed by atoms with Crippen molar-refractivity contribution in [2.75, 3.05) is 0 Å². The van der Waals surface area contributed by atoms with Crippen molar-refractivity contribution >= 4 is 45.2 Å². The van der Waals surface area contributed by atoms with E-state index in [1.807, 2.05) is 0 Å². The molecule has 96 valence electrons. The topological polar surface area (TPSA) is 77.2 Å². The summed E-state index contributed by atoms with van der Waals surface area (Å²) in [5.41, 5.74) is 0.711. The van der Waals surface area contributed by atoms with E-state index in [9.17, 15) is 8.42 Å². The number of rotatable bonds is 3. The van der Waals surface area contributed by atoms with Crippen molar-refractivity contribution in [3.63, 3.8) is 0 Å². The molecule has 0 amide bonds. The van der Waals surface area contributed by atoms with Gasteiger partial charge in [0.1, 0.15) is 9.73 Å². The lowest BCUT2D eigenvalue weighted by Crippen LogP contribution is -2.11. The average Bonchev–Trinajstić information content (AvgIpc) is 3.05. The van der Waals surface area contributed by atoms with Gasteiger partial charge in [0, 0.05) is 6.20 Å². The van der Waals surface area contributed by atoms with Crippen molar-refractivity contribution in [2.45, 2.75) is 4.21 Å². The lowest BCUT2D eigenvalue weighted by atomic mass is 10.4. The van der Waals surface area contributed by atoms with Gasteiger partial charge < -0.3 is 0 Å². The lowest BCUT2D eigenvalue weighted by molar-refractivity contribution is 0.591. The lowest BCUT2D eigenvalue weighted by Gasteiger charge is -2.05. The molecule has 0 fully saturated rings. The Bertz CT molecular complexity index is 850. The SMILES string of the molecule is C=Nc1nc2ncccc2n1S(=O)(=O)c1cccs1. The maximum absolute atomic E-state index is 12.6. The maximum atomic E-state index is 12.6. The first-order valence-electron chi connectivity index (χ1n) is 5.24. The molecule has 3 aromatic heterocycles. The fourth-order valence-corrected chi connectivity index (χ4v) is 4.19. The van der Waals surface area contributed by atoms with Crippen LogP contribution in [0.25, 0.3) is 11.2 Å². The largest absolute Gasteiger partial charge is 0.280 e. The summed E-state index contributed by atoms with van der Waals surface area (Å²) in [6.45, 7) is 3.36. The number of pyridine rings is 1. The van der Waals surface area contributed by atoms with Gasteiger partial charge in [-0.25, -0.2) is 9.98 Å². The van der Waals surface area contributed by atoms with Crippen molar-refractivity contribution in [3.8, 4) is 0 Å². The zero-order valence-electron chi connectivity index (χ0n) is 9.59. The normalized spacial score (nSPS) is 11.8. The molecule has 19 heavy (non-hydrogen) atoms. The number of thiophene rings is 1. The highest BCUT2D eigenvalue weighted by molar-refractivity contribution is 7.92. The van der Waals surface area contributed by atoms with E-state index < -0.39 is 10.0 Å². The van der Waals surface area contributed by atoms with Crippen molar-refractivity contribution in [1.82, 2.24) is 13.9 Å². The molecule has 0 unspecified atom stereocenters. The predicted octanol–water partition coefficient (Wildman–Crippen LogP) is 2.06. The molecule has 0 bridgehead atoms. The van der Waals surface area contributed by atoms with Crippen LogP contribution in [0.3, 0.4) is 0 Å². The van der Waals surface area contributed by atoms with Gasteiger partial charge in [0.25, 0.3) is 10.0 Å². The van der Waals surface area contributed by atoms with Crippen LogP contribution in [-0.4, -0.2) is 29.1 Å². The van der Waals surface area contributed by atoms with Crippen molar-refractivity contribution in [1.29, 1.82) is 0 Å². The second-order valence-corrected chi connectivity index (χ2v) is 6.58. The van der Waals surface area contributed by atoms with Gasteiger partial charge in [-0.05, 0) is 30.3 Å². The highest BCUT2D eigenvalue weighted by Crippen LogP contribution is 2.28. The number of hydrogen-bond donors (Lipinski definition) is 0. The third-order valence-corrected chi connectivity index (χ3v) is 5.57. The minimum absolute atomic E-state index is 0.0158. The molecule has 3 heterocycles. The van der Waals surface area contributed by atoms with E-state index in [1.54, 1.807) is 29.8 Å². The first-order valence-corrected chi connectivity index (χ1v) is 7.56. The maximum Gasteiger partial charge on any atom is 0.280 e. The first-order chi connectivity index (χ1) is 9.14. The fraction of sp³-hybridized carbons (Fsp3) is 0. The molecule has 0 saturated heterocycles. The van der Waals surface area contributed by atoms with Crippen LogP contribution < -0.4 is 0 Å². The predicted molar refractivity (Wildman–Crippen MR) is 73.6 cm³/mol. The van der Waals surface area contributed by atoms with E-state index >= 15 is 0 Å². The molecule has 0 aliphatic rings. The third kappa shape index (κ3) is 1.76. The van der Waals surface area contributed by atoms with Gasteiger partial charge in [-0.3, -0.25) is 0 Å². The summed E-state index contributed by atoms with van der Waals surface area (Å²) < 4.78 is 26.4. The van der Waals surface area contributed by atoms with Crippen LogP contribution in [0, 0.1) is 0 Å². The second kappa shape index (κ2) is 4.25. The minimum atomic E-state index is -3.72. The third-order valence-electron chi connectivity index (χ3n) is 2.50. The van der Waals surface area contributed by atoms with Crippen LogP contribution in [0.2, 0.25) is 0 Å². The molecule has 6 nitrogen and oxygen atoms in total. The standard InChI is InChI=1S/C11H8N4O2S2/c1-12-11-14-10-8(4-2-6-13-10)15(11)19(16,17)9-5-3-7-18-9/h2-7H,1H2. The first kappa shape index (κ1) is 12.0. The quantitative estimate of drug-likeness (QED) is 0.692. The molecule has 0 aliphatic heterocycles. The Hall–Kier alpha value is -2.06. The highest BCUT2D eigenvalue weighted by atomic mass is 32.2. The second-order valence-electron chi connectivity index (χ2n) is 3.62. The average molecular weight is 292 g/mol. The number of aromatic nitrogens is 3. The van der Waals surface area contributed by atoms with Gasteiger partial charge in [0.2, 0.25) is 5.95 Å². The van der Waals surface area contributed by atoms with Crippen LogP contribution in [0.15, 0.2) is 45.0 Å². The molecule has 0 saturated carbocycles. The van der Waals surface area contributed by atoms with Crippen LogP contribution >= 0.6 is 11.3 Å². The Morgan fingerprint density at radius 2 is 2.16 bits per heavy atom. The molecule has 0 aromatic carbocycles. The van der Waals surface area contributed by atoms with E-state index in [0.717, 1.165) is 15.3 Å². The number of nitrogens with zero attached hydrogens (tertiary/aromatic N) is 4. The number of aliphatic imine (C=N–C) groups is 1. The van der Waals surface area contributed by atoms with Gasteiger partial charge in [0.15, 0.2) is 5.65 Å². The molecule has 0 radical (unpaired) electrons. The van der Waals surface area contributed by atoms with Crippen LogP contribution in [0.5, 0.6) is 0 Å². The van der Waals surface area contributed by atoms with Gasteiger partial charge in [0.05, 0.1) is 0 Å². The zero-order valence-corrected chi connectivity index (χ0v) is 11.2. The van der Waals surface area contributed by atoms with Gasteiger partial charge >= 0.3 is 0 Å². The Morgan fingerprint density at radius 3 is 2.84 bits per heavy atom. The van der Waals surface area contributed by atoms with Gasteiger partial charge in [-0.2, -0.15) is 17.4 Å². The molecule has 0 spiro atoms. The van der Waals surface area contributed by atoms with Crippen molar-refractivity contribution in [3.05, 3.63) is 35.8 Å². The Kier molecular flexibility index (Phi) is 2.68. The Morgan fingerprint density at radius 1 is 1.32 bits per heavy atom. The summed E-state index contributed by atoms with van der Waals surface area (Å²) in [6, 6.07) is 6.50. The Labute approximate surface area is 113 Å². The summed E-state index contributed by atoms with van der Waals surface area (Å²) >= 11 is 1.14.